The summed E-state index contributed by atoms with van der Waals surface area (Å²) in [6, 6.07) is 11.4. The molecule has 0 bridgehead atoms. The topological polar surface area (TPSA) is 134 Å². The number of aliphatic hydroxyl groups excluding tert-OH is 1. The number of anilines is 1. The molecule has 3 rings (SSSR count). The van der Waals surface area contributed by atoms with Crippen molar-refractivity contribution in [2.45, 2.75) is 32.8 Å². The number of halogens is 3. The normalized spacial score (nSPS) is 14.2. The second-order valence-electron chi connectivity index (χ2n) is 7.18. The van der Waals surface area contributed by atoms with Gasteiger partial charge in [-0.1, -0.05) is 37.6 Å². The molecule has 0 aromatic heterocycles. The number of alkyl halides is 2. The smallest absolute Gasteiger partial charge is 0.387 e. The number of nitrogens with zero attached hydrogens (tertiary/aromatic N) is 2. The number of carbonyl (C=O) groups excluding carboxylic acids is 1. The minimum Gasteiger partial charge on any atom is -0.510 e. The van der Waals surface area contributed by atoms with Crippen molar-refractivity contribution in [1.29, 1.82) is 10.7 Å². The monoisotopic (exact) mass is 520 g/mol. The quantitative estimate of drug-likeness (QED) is 0.131. The van der Waals surface area contributed by atoms with E-state index in [2.05, 4.69) is 20.7 Å². The summed E-state index contributed by atoms with van der Waals surface area (Å²) in [4.78, 5) is 13.7. The molecule has 5 N–H and O–H groups in total. The van der Waals surface area contributed by atoms with Gasteiger partial charge in [0.25, 0.3) is 5.91 Å². The van der Waals surface area contributed by atoms with Crippen molar-refractivity contribution in [2.75, 3.05) is 18.4 Å². The Labute approximate surface area is 212 Å². The van der Waals surface area contributed by atoms with Gasteiger partial charge in [0.15, 0.2) is 12.5 Å². The highest BCUT2D eigenvalue weighted by Gasteiger charge is 2.32. The zero-order valence-corrected chi connectivity index (χ0v) is 20.4. The molecule has 9 nitrogen and oxygen atoms in total. The standard InChI is InChI=1S/C22H21ClF2N6O3.C2H6/c23-14-3-1-13(2-4-14)20(27)18(31-11-16(32)9-19(31)33)10-28-22(29-12-26)30-15-5-7-17(8-6-15)34-21(24)25;1-2/h1-9,18,21-22,27-30,32H,10-11H2;1-2H3. The molecule has 0 aliphatic carbocycles. The van der Waals surface area contributed by atoms with Gasteiger partial charge in [0, 0.05) is 23.3 Å². The van der Waals surface area contributed by atoms with Crippen LogP contribution < -0.4 is 20.7 Å². The molecule has 1 heterocycles. The minimum atomic E-state index is -2.94. The largest absolute Gasteiger partial charge is 0.510 e. The number of ether oxygens (including phenoxy) is 1. The molecule has 192 valence electrons. The zero-order valence-electron chi connectivity index (χ0n) is 19.6. The third kappa shape index (κ3) is 8.11. The molecule has 0 radical (unpaired) electrons. The van der Waals surface area contributed by atoms with Gasteiger partial charge in [0.05, 0.1) is 18.3 Å². The van der Waals surface area contributed by atoms with Crippen LogP contribution >= 0.6 is 11.6 Å². The van der Waals surface area contributed by atoms with Gasteiger partial charge in [0.1, 0.15) is 11.5 Å². The Bertz CT molecular complexity index is 1090. The fraction of sp³-hybridized carbons (Fsp3) is 0.292. The van der Waals surface area contributed by atoms with E-state index in [9.17, 15) is 18.7 Å². The van der Waals surface area contributed by atoms with Crippen LogP contribution in [0.1, 0.15) is 19.4 Å². The first kappa shape index (κ1) is 28.4. The van der Waals surface area contributed by atoms with Gasteiger partial charge in [-0.3, -0.25) is 15.4 Å². The average Bonchev–Trinajstić information content (AvgIpc) is 3.19. The molecule has 2 aromatic carbocycles. The van der Waals surface area contributed by atoms with Gasteiger partial charge in [0.2, 0.25) is 0 Å². The van der Waals surface area contributed by atoms with Crippen LogP contribution in [0.15, 0.2) is 60.4 Å². The summed E-state index contributed by atoms with van der Waals surface area (Å²) < 4.78 is 29.0. The molecule has 1 amide bonds. The second kappa shape index (κ2) is 13.9. The van der Waals surface area contributed by atoms with Crippen molar-refractivity contribution in [3.63, 3.8) is 0 Å². The Morgan fingerprint density at radius 1 is 1.22 bits per heavy atom. The van der Waals surface area contributed by atoms with Gasteiger partial charge in [-0.05, 0) is 42.0 Å². The van der Waals surface area contributed by atoms with Crippen molar-refractivity contribution in [3.8, 4) is 11.9 Å². The molecule has 2 unspecified atom stereocenters. The van der Waals surface area contributed by atoms with Gasteiger partial charge < -0.3 is 25.5 Å². The fourth-order valence-electron chi connectivity index (χ4n) is 3.31. The summed E-state index contributed by atoms with van der Waals surface area (Å²) in [6.07, 6.45) is 2.07. The molecule has 0 fully saturated rings. The third-order valence-corrected chi connectivity index (χ3v) is 5.14. The van der Waals surface area contributed by atoms with Crippen molar-refractivity contribution >= 4 is 28.9 Å². The first-order valence-corrected chi connectivity index (χ1v) is 11.4. The molecule has 36 heavy (non-hydrogen) atoms. The van der Waals surface area contributed by atoms with E-state index in [1.807, 2.05) is 13.8 Å². The SMILES string of the molecule is CC.N#CNC(NCC(C(=N)c1ccc(Cl)cc1)N1CC(O)=CC1=O)Nc1ccc(OC(F)F)cc1. The van der Waals surface area contributed by atoms with Crippen LogP contribution in [0.2, 0.25) is 5.02 Å². The molecular weight excluding hydrogens is 494 g/mol. The molecule has 0 spiro atoms. The maximum Gasteiger partial charge on any atom is 0.387 e. The first-order chi connectivity index (χ1) is 17.3. The van der Waals surface area contributed by atoms with Crippen LogP contribution in [0, 0.1) is 16.9 Å². The van der Waals surface area contributed by atoms with Gasteiger partial charge in [-0.2, -0.15) is 14.0 Å². The van der Waals surface area contributed by atoms with Crippen LogP contribution in [-0.4, -0.2) is 53.7 Å². The van der Waals surface area contributed by atoms with Crippen LogP contribution in [-0.2, 0) is 4.79 Å². The van der Waals surface area contributed by atoms with Crippen LogP contribution in [0.5, 0.6) is 5.75 Å². The summed E-state index contributed by atoms with van der Waals surface area (Å²) in [5, 5.41) is 36.6. The van der Waals surface area contributed by atoms with Crippen molar-refractivity contribution in [2.24, 2.45) is 0 Å². The summed E-state index contributed by atoms with van der Waals surface area (Å²) in [6.45, 7) is 1.03. The summed E-state index contributed by atoms with van der Waals surface area (Å²) in [5.41, 5.74) is 1.12. The summed E-state index contributed by atoms with van der Waals surface area (Å²) in [7, 11) is 0. The Morgan fingerprint density at radius 3 is 2.39 bits per heavy atom. The lowest BCUT2D eigenvalue weighted by Gasteiger charge is -2.31. The lowest BCUT2D eigenvalue weighted by atomic mass is 10.0. The van der Waals surface area contributed by atoms with Gasteiger partial charge in [-0.25, -0.2) is 0 Å². The second-order valence-corrected chi connectivity index (χ2v) is 7.62. The summed E-state index contributed by atoms with van der Waals surface area (Å²) in [5.74, 6) is -0.583. The summed E-state index contributed by atoms with van der Waals surface area (Å²) >= 11 is 5.93. The lowest BCUT2D eigenvalue weighted by Crippen LogP contribution is -2.54. The van der Waals surface area contributed by atoms with Crippen molar-refractivity contribution in [3.05, 3.63) is 71.0 Å². The van der Waals surface area contributed by atoms with Crippen LogP contribution in [0.4, 0.5) is 14.5 Å². The molecule has 1 aliphatic rings. The predicted octanol–water partition coefficient (Wildman–Crippen LogP) is 4.04. The number of aliphatic hydroxyl groups is 1. The van der Waals surface area contributed by atoms with E-state index in [1.165, 1.54) is 29.2 Å². The molecular formula is C24H27ClF2N6O3. The highest BCUT2D eigenvalue weighted by Crippen LogP contribution is 2.19. The molecule has 2 atom stereocenters. The number of hydrogen-bond acceptors (Lipinski definition) is 8. The third-order valence-electron chi connectivity index (χ3n) is 4.88. The van der Waals surface area contributed by atoms with E-state index in [1.54, 1.807) is 30.5 Å². The maximum absolute atomic E-state index is 12.4. The maximum atomic E-state index is 12.4. The Hall–Kier alpha value is -3.88. The van der Waals surface area contributed by atoms with E-state index in [0.717, 1.165) is 6.08 Å². The van der Waals surface area contributed by atoms with E-state index < -0.39 is 24.9 Å². The Balaban J connectivity index is 0.00000222. The number of nitrogens with one attached hydrogen (secondary N) is 4. The minimum absolute atomic E-state index is 0.0189. The van der Waals surface area contributed by atoms with E-state index >= 15 is 0 Å². The van der Waals surface area contributed by atoms with Crippen LogP contribution in [0.25, 0.3) is 0 Å². The number of carbonyl (C=O) groups is 1. The highest BCUT2D eigenvalue weighted by molar-refractivity contribution is 6.30. The zero-order chi connectivity index (χ0) is 26.7. The first-order valence-electron chi connectivity index (χ1n) is 11.0. The number of rotatable bonds is 11. The highest BCUT2D eigenvalue weighted by atomic mass is 35.5. The number of amides is 1. The van der Waals surface area contributed by atoms with Crippen molar-refractivity contribution < 1.29 is 23.4 Å². The molecule has 0 saturated heterocycles. The number of nitriles is 1. The average molecular weight is 521 g/mol. The number of hydrogen-bond donors (Lipinski definition) is 5. The lowest BCUT2D eigenvalue weighted by molar-refractivity contribution is -0.125. The van der Waals surface area contributed by atoms with Crippen LogP contribution in [0.3, 0.4) is 0 Å². The molecule has 2 aromatic rings. The van der Waals surface area contributed by atoms with E-state index in [0.29, 0.717) is 16.3 Å². The fourth-order valence-corrected chi connectivity index (χ4v) is 3.43. The van der Waals surface area contributed by atoms with E-state index in [-0.39, 0.29) is 30.3 Å². The van der Waals surface area contributed by atoms with Crippen molar-refractivity contribution in [1.82, 2.24) is 15.5 Å². The van der Waals surface area contributed by atoms with Gasteiger partial charge >= 0.3 is 6.61 Å². The Kier molecular flexibility index (Phi) is 10.9. The predicted molar refractivity (Wildman–Crippen MR) is 133 cm³/mol. The molecule has 0 saturated carbocycles. The molecule has 12 heteroatoms. The number of benzene rings is 2. The van der Waals surface area contributed by atoms with Gasteiger partial charge in [-0.15, -0.1) is 0 Å². The Morgan fingerprint density at radius 2 is 1.86 bits per heavy atom. The van der Waals surface area contributed by atoms with E-state index in [4.69, 9.17) is 22.3 Å². The molecule has 1 aliphatic heterocycles.